The maximum atomic E-state index is 12.3. The average Bonchev–Trinajstić information content (AvgIpc) is 2.45. The van der Waals surface area contributed by atoms with Gasteiger partial charge in [-0.2, -0.15) is 0 Å². The average molecular weight is 500 g/mol. The zero-order chi connectivity index (χ0) is 20.4. The number of unbranched alkanes of at least 4 members (excludes halogenated alkanes) is 2. The molecule has 0 rings (SSSR count). The van der Waals surface area contributed by atoms with Crippen LogP contribution < -0.4 is 16.0 Å². The molecule has 0 atom stereocenters. The van der Waals surface area contributed by atoms with Gasteiger partial charge >= 0.3 is 6.03 Å². The van der Waals surface area contributed by atoms with E-state index in [1.165, 1.54) is 18.6 Å². The zero-order valence-corrected chi connectivity index (χ0v) is 20.5. The van der Waals surface area contributed by atoms with Gasteiger partial charge in [0.1, 0.15) is 0 Å². The zero-order valence-electron chi connectivity index (χ0n) is 17.6. The number of hydrogen-bond donors (Lipinski definition) is 3. The van der Waals surface area contributed by atoms with Crippen LogP contribution in [0, 0.1) is 5.41 Å². The highest BCUT2D eigenvalue weighted by molar-refractivity contribution is 14.1. The summed E-state index contributed by atoms with van der Waals surface area (Å²) in [5, 5.41) is 8.91. The van der Waals surface area contributed by atoms with Crippen LogP contribution in [0.25, 0.3) is 0 Å². The van der Waals surface area contributed by atoms with Crippen LogP contribution in [-0.4, -0.2) is 45.5 Å². The van der Waals surface area contributed by atoms with Gasteiger partial charge in [0.15, 0.2) is 5.78 Å². The Morgan fingerprint density at radius 1 is 0.885 bits per heavy atom. The molecule has 5 nitrogen and oxygen atoms in total. The predicted octanol–water partition coefficient (Wildman–Crippen LogP) is 4.34. The SMILES string of the molecule is CC(C)(I)SCCCCCNCCNC(=O)NC(C)(C)C(=O)C(C)(C)C. The molecule has 154 valence electrons. The molecule has 0 aliphatic rings. The van der Waals surface area contributed by atoms with Crippen molar-refractivity contribution >= 4 is 46.2 Å². The molecule has 0 heterocycles. The van der Waals surface area contributed by atoms with Crippen LogP contribution in [0.1, 0.15) is 67.7 Å². The van der Waals surface area contributed by atoms with Crippen molar-refractivity contribution in [2.24, 2.45) is 5.41 Å². The lowest BCUT2D eigenvalue weighted by molar-refractivity contribution is -0.131. The van der Waals surface area contributed by atoms with Crippen LogP contribution >= 0.6 is 34.4 Å². The number of amides is 2. The van der Waals surface area contributed by atoms with Gasteiger partial charge in [-0.15, -0.1) is 11.8 Å². The minimum atomic E-state index is -0.875. The van der Waals surface area contributed by atoms with E-state index in [0.717, 1.165) is 19.5 Å². The third-order valence-corrected chi connectivity index (χ3v) is 5.82. The molecule has 3 N–H and O–H groups in total. The summed E-state index contributed by atoms with van der Waals surface area (Å²) in [5.74, 6) is 1.23. The fourth-order valence-electron chi connectivity index (χ4n) is 2.56. The number of nitrogens with one attached hydrogen (secondary N) is 3. The number of hydrogen-bond acceptors (Lipinski definition) is 4. The van der Waals surface area contributed by atoms with Crippen LogP contribution in [-0.2, 0) is 4.79 Å². The van der Waals surface area contributed by atoms with E-state index in [9.17, 15) is 9.59 Å². The van der Waals surface area contributed by atoms with E-state index in [1.54, 1.807) is 13.8 Å². The summed E-state index contributed by atoms with van der Waals surface area (Å²) >= 11 is 4.48. The molecular formula is C19H38IN3O2S. The number of carbonyl (C=O) groups excluding carboxylic acids is 2. The van der Waals surface area contributed by atoms with Crippen molar-refractivity contribution in [3.05, 3.63) is 0 Å². The molecule has 0 saturated carbocycles. The van der Waals surface area contributed by atoms with Gasteiger partial charge < -0.3 is 16.0 Å². The van der Waals surface area contributed by atoms with E-state index in [-0.39, 0.29) is 11.8 Å². The van der Waals surface area contributed by atoms with Crippen LogP contribution in [0.2, 0.25) is 0 Å². The molecule has 0 unspecified atom stereocenters. The molecule has 26 heavy (non-hydrogen) atoms. The van der Waals surface area contributed by atoms with Crippen LogP contribution in [0.15, 0.2) is 0 Å². The Balaban J connectivity index is 3.73. The maximum absolute atomic E-state index is 12.3. The first-order valence-corrected chi connectivity index (χ1v) is 11.5. The Morgan fingerprint density at radius 2 is 1.50 bits per heavy atom. The fraction of sp³-hybridized carbons (Fsp3) is 0.895. The number of carbonyl (C=O) groups is 2. The van der Waals surface area contributed by atoms with Crippen molar-refractivity contribution in [2.75, 3.05) is 25.4 Å². The van der Waals surface area contributed by atoms with Gasteiger partial charge in [0.2, 0.25) is 0 Å². The highest BCUT2D eigenvalue weighted by Gasteiger charge is 2.37. The van der Waals surface area contributed by atoms with Gasteiger partial charge in [-0.3, -0.25) is 4.79 Å². The van der Waals surface area contributed by atoms with E-state index in [0.29, 0.717) is 9.30 Å². The first-order valence-electron chi connectivity index (χ1n) is 9.40. The van der Waals surface area contributed by atoms with E-state index >= 15 is 0 Å². The Hall–Kier alpha value is -0.0200. The minimum absolute atomic E-state index is 0.0161. The molecule has 0 aromatic rings. The Morgan fingerprint density at radius 3 is 2.04 bits per heavy atom. The molecule has 0 aromatic carbocycles. The van der Waals surface area contributed by atoms with Crippen molar-refractivity contribution in [2.45, 2.75) is 76.0 Å². The van der Waals surface area contributed by atoms with E-state index < -0.39 is 11.0 Å². The smallest absolute Gasteiger partial charge is 0.315 e. The Labute approximate surface area is 178 Å². The quantitative estimate of drug-likeness (QED) is 0.212. The summed E-state index contributed by atoms with van der Waals surface area (Å²) in [6.07, 6.45) is 3.63. The van der Waals surface area contributed by atoms with E-state index in [1.807, 2.05) is 32.5 Å². The molecule has 0 spiro atoms. The molecular weight excluding hydrogens is 461 g/mol. The predicted molar refractivity (Wildman–Crippen MR) is 122 cm³/mol. The monoisotopic (exact) mass is 499 g/mol. The lowest BCUT2D eigenvalue weighted by Gasteiger charge is -2.31. The van der Waals surface area contributed by atoms with Crippen molar-refractivity contribution in [3.63, 3.8) is 0 Å². The Bertz CT molecular complexity index is 443. The second-order valence-electron chi connectivity index (χ2n) is 8.61. The van der Waals surface area contributed by atoms with Crippen LogP contribution in [0.3, 0.4) is 0 Å². The van der Waals surface area contributed by atoms with E-state index in [2.05, 4.69) is 52.4 Å². The van der Waals surface area contributed by atoms with Crippen molar-refractivity contribution in [1.29, 1.82) is 0 Å². The molecule has 0 aromatic heterocycles. The van der Waals surface area contributed by atoms with Crippen LogP contribution in [0.4, 0.5) is 4.79 Å². The summed E-state index contributed by atoms with van der Waals surface area (Å²) in [6.45, 7) is 15.8. The largest absolute Gasteiger partial charge is 0.337 e. The van der Waals surface area contributed by atoms with Crippen LogP contribution in [0.5, 0.6) is 0 Å². The molecule has 0 saturated heterocycles. The highest BCUT2D eigenvalue weighted by atomic mass is 127. The van der Waals surface area contributed by atoms with Gasteiger partial charge in [0.25, 0.3) is 0 Å². The summed E-state index contributed by atoms with van der Waals surface area (Å²) in [5.41, 5.74) is -1.36. The summed E-state index contributed by atoms with van der Waals surface area (Å²) in [6, 6.07) is -0.298. The van der Waals surface area contributed by atoms with Gasteiger partial charge in [0.05, 0.1) is 8.29 Å². The molecule has 0 radical (unpaired) electrons. The lowest BCUT2D eigenvalue weighted by atomic mass is 9.80. The summed E-state index contributed by atoms with van der Waals surface area (Å²) in [4.78, 5) is 24.3. The number of urea groups is 1. The van der Waals surface area contributed by atoms with Gasteiger partial charge in [-0.05, 0) is 52.8 Å². The third kappa shape index (κ3) is 13.2. The van der Waals surface area contributed by atoms with Crippen molar-refractivity contribution in [1.82, 2.24) is 16.0 Å². The number of Topliss-reactive ketones (excluding diaryl/α,β-unsaturated/α-hetero) is 1. The van der Waals surface area contributed by atoms with Crippen molar-refractivity contribution in [3.8, 4) is 0 Å². The fourth-order valence-corrected chi connectivity index (χ4v) is 4.05. The number of rotatable bonds is 12. The molecule has 2 amide bonds. The second kappa shape index (κ2) is 11.7. The molecule has 0 bridgehead atoms. The van der Waals surface area contributed by atoms with Crippen molar-refractivity contribution < 1.29 is 9.59 Å². The molecule has 0 aliphatic carbocycles. The topological polar surface area (TPSA) is 70.2 Å². The number of halogens is 1. The lowest BCUT2D eigenvalue weighted by Crippen LogP contribution is -2.56. The summed E-state index contributed by atoms with van der Waals surface area (Å²) in [7, 11) is 0. The molecule has 0 aliphatic heterocycles. The van der Waals surface area contributed by atoms with E-state index in [4.69, 9.17) is 0 Å². The molecule has 0 fully saturated rings. The first kappa shape index (κ1) is 26.0. The van der Waals surface area contributed by atoms with Gasteiger partial charge in [-0.25, -0.2) is 4.79 Å². The third-order valence-electron chi connectivity index (χ3n) is 3.71. The van der Waals surface area contributed by atoms with Gasteiger partial charge in [0, 0.05) is 18.5 Å². The minimum Gasteiger partial charge on any atom is -0.337 e. The number of ketones is 1. The maximum Gasteiger partial charge on any atom is 0.315 e. The highest BCUT2D eigenvalue weighted by Crippen LogP contribution is 2.31. The number of thioether (sulfide) groups is 1. The standard InChI is InChI=1S/C19H38IN3O2S/c1-17(2,3)15(24)18(4,5)23-16(25)22-13-12-21-11-9-8-10-14-26-19(6,7)20/h21H,8-14H2,1-7H3,(H2,22,23,25). The molecule has 7 heteroatoms. The number of alkyl halides is 1. The second-order valence-corrected chi connectivity index (χ2v) is 13.8. The summed E-state index contributed by atoms with van der Waals surface area (Å²) < 4.78 is 0.328. The first-order chi connectivity index (χ1) is 11.8. The normalized spacial score (nSPS) is 12.8. The Kier molecular flexibility index (Phi) is 11.7. The van der Waals surface area contributed by atoms with Gasteiger partial charge in [-0.1, -0.05) is 49.8 Å².